The lowest BCUT2D eigenvalue weighted by Gasteiger charge is -2.25. The molecule has 0 N–H and O–H groups in total. The van der Waals surface area contributed by atoms with E-state index in [1.165, 1.54) is 16.7 Å². The first-order valence-corrected chi connectivity index (χ1v) is 10.8. The van der Waals surface area contributed by atoms with Crippen LogP contribution in [0.4, 0.5) is 0 Å². The van der Waals surface area contributed by atoms with E-state index in [-0.39, 0.29) is 11.9 Å². The second-order valence-electron chi connectivity index (χ2n) is 8.44. The highest BCUT2D eigenvalue weighted by molar-refractivity contribution is 6.03. The summed E-state index contributed by atoms with van der Waals surface area (Å²) in [6.07, 6.45) is 0.723. The zero-order valence-corrected chi connectivity index (χ0v) is 18.5. The molecule has 1 aliphatic heterocycles. The highest BCUT2D eigenvalue weighted by atomic mass is 16.2. The Balaban J connectivity index is 1.56. The monoisotopic (exact) mass is 411 g/mol. The number of carbonyl (C=O) groups excluding carboxylic acids is 1. The minimum atomic E-state index is -0.0752. The molecule has 0 aliphatic carbocycles. The summed E-state index contributed by atoms with van der Waals surface area (Å²) in [4.78, 5) is 15.4. The molecule has 1 aliphatic rings. The van der Waals surface area contributed by atoms with Crippen molar-refractivity contribution in [1.82, 2.24) is 9.91 Å². The van der Waals surface area contributed by atoms with Crippen molar-refractivity contribution < 1.29 is 4.79 Å². The van der Waals surface area contributed by atoms with Crippen LogP contribution in [0.1, 0.15) is 40.3 Å². The highest BCUT2D eigenvalue weighted by Crippen LogP contribution is 2.33. The minimum absolute atomic E-state index is 0.0201. The molecule has 158 valence electrons. The molecule has 1 atom stereocenters. The van der Waals surface area contributed by atoms with Crippen LogP contribution in [-0.4, -0.2) is 35.1 Å². The van der Waals surface area contributed by atoms with E-state index in [1.807, 2.05) is 36.2 Å². The van der Waals surface area contributed by atoms with Crippen LogP contribution in [0.25, 0.3) is 0 Å². The van der Waals surface area contributed by atoms with Crippen LogP contribution in [0, 0.1) is 13.8 Å². The van der Waals surface area contributed by atoms with Gasteiger partial charge in [0.2, 0.25) is 0 Å². The van der Waals surface area contributed by atoms with Gasteiger partial charge < -0.3 is 0 Å². The first-order chi connectivity index (χ1) is 15.0. The number of rotatable bonds is 6. The number of aryl methyl sites for hydroxylation is 2. The van der Waals surface area contributed by atoms with Crippen molar-refractivity contribution in [2.75, 3.05) is 13.6 Å². The van der Waals surface area contributed by atoms with E-state index < -0.39 is 0 Å². The number of hydrogen-bond donors (Lipinski definition) is 0. The molecule has 0 spiro atoms. The van der Waals surface area contributed by atoms with Gasteiger partial charge in [-0.2, -0.15) is 5.10 Å². The summed E-state index contributed by atoms with van der Waals surface area (Å²) in [5, 5.41) is 6.51. The number of hydrogen-bond acceptors (Lipinski definition) is 3. The largest absolute Gasteiger partial charge is 0.293 e. The Kier molecular flexibility index (Phi) is 6.28. The highest BCUT2D eigenvalue weighted by Gasteiger charge is 2.33. The van der Waals surface area contributed by atoms with Crippen molar-refractivity contribution >= 4 is 11.6 Å². The third-order valence-electron chi connectivity index (χ3n) is 5.68. The Labute approximate surface area is 184 Å². The predicted molar refractivity (Wildman–Crippen MR) is 126 cm³/mol. The lowest BCUT2D eigenvalue weighted by molar-refractivity contribution is -0.134. The summed E-state index contributed by atoms with van der Waals surface area (Å²) in [6, 6.07) is 26.9. The van der Waals surface area contributed by atoms with Gasteiger partial charge in [0.05, 0.1) is 18.3 Å². The molecule has 0 radical (unpaired) electrons. The third-order valence-corrected chi connectivity index (χ3v) is 5.68. The van der Waals surface area contributed by atoms with Gasteiger partial charge in [0.25, 0.3) is 5.91 Å². The second kappa shape index (κ2) is 9.27. The van der Waals surface area contributed by atoms with Gasteiger partial charge in [-0.05, 0) is 37.6 Å². The van der Waals surface area contributed by atoms with Gasteiger partial charge in [-0.1, -0.05) is 90.0 Å². The van der Waals surface area contributed by atoms with E-state index in [0.717, 1.165) is 29.8 Å². The van der Waals surface area contributed by atoms with E-state index in [4.69, 9.17) is 5.10 Å². The molecule has 4 heteroatoms. The molecule has 0 aromatic heterocycles. The molecule has 4 nitrogen and oxygen atoms in total. The van der Waals surface area contributed by atoms with E-state index in [9.17, 15) is 4.79 Å². The maximum Gasteiger partial charge on any atom is 0.257 e. The maximum atomic E-state index is 13.3. The molecule has 1 amide bonds. The molecule has 3 aromatic rings. The lowest BCUT2D eigenvalue weighted by Crippen LogP contribution is -2.36. The van der Waals surface area contributed by atoms with Gasteiger partial charge in [0, 0.05) is 13.0 Å². The van der Waals surface area contributed by atoms with Crippen LogP contribution in [-0.2, 0) is 11.3 Å². The molecule has 0 bridgehead atoms. The van der Waals surface area contributed by atoms with E-state index in [1.54, 1.807) is 5.01 Å². The maximum absolute atomic E-state index is 13.3. The molecule has 0 unspecified atom stereocenters. The molecular formula is C27H29N3O. The van der Waals surface area contributed by atoms with Gasteiger partial charge in [0.15, 0.2) is 0 Å². The lowest BCUT2D eigenvalue weighted by atomic mass is 9.97. The van der Waals surface area contributed by atoms with E-state index in [0.29, 0.717) is 6.54 Å². The van der Waals surface area contributed by atoms with E-state index in [2.05, 4.69) is 68.4 Å². The number of benzene rings is 3. The fraction of sp³-hybridized carbons (Fsp3) is 0.259. The molecule has 0 fully saturated rings. The second-order valence-corrected chi connectivity index (χ2v) is 8.44. The van der Waals surface area contributed by atoms with Gasteiger partial charge in [-0.15, -0.1) is 0 Å². The summed E-state index contributed by atoms with van der Waals surface area (Å²) in [6.45, 7) is 5.21. The molecule has 0 saturated carbocycles. The summed E-state index contributed by atoms with van der Waals surface area (Å²) >= 11 is 0. The summed E-state index contributed by atoms with van der Waals surface area (Å²) < 4.78 is 0. The van der Waals surface area contributed by atoms with Crippen LogP contribution >= 0.6 is 0 Å². The number of amides is 1. The predicted octanol–water partition coefficient (Wildman–Crippen LogP) is 5.11. The van der Waals surface area contributed by atoms with Gasteiger partial charge in [-0.25, -0.2) is 5.01 Å². The number of likely N-dealkylation sites (N-methyl/N-ethyl adjacent to an activating group) is 1. The van der Waals surface area contributed by atoms with Gasteiger partial charge >= 0.3 is 0 Å². The first kappa shape index (κ1) is 21.0. The van der Waals surface area contributed by atoms with Crippen LogP contribution in [0.3, 0.4) is 0 Å². The standard InChI is InChI=1S/C27H29N3O/c1-20-12-14-23(15-13-20)26-17-25(24-11-7-8-21(2)16-24)28-30(26)27(31)19-29(3)18-22-9-5-4-6-10-22/h4-16,26H,17-19H2,1-3H3/t26-/m1/s1. The molecule has 3 aromatic carbocycles. The Morgan fingerprint density at radius 2 is 1.71 bits per heavy atom. The first-order valence-electron chi connectivity index (χ1n) is 10.8. The number of nitrogens with zero attached hydrogens (tertiary/aromatic N) is 3. The Hall–Kier alpha value is -3.24. The number of hydrazone groups is 1. The Bertz CT molecular complexity index is 1070. The van der Waals surface area contributed by atoms with Crippen LogP contribution in [0.5, 0.6) is 0 Å². The molecule has 4 rings (SSSR count). The molecule has 31 heavy (non-hydrogen) atoms. The average Bonchev–Trinajstić information content (AvgIpc) is 3.21. The summed E-state index contributed by atoms with van der Waals surface area (Å²) in [7, 11) is 1.98. The van der Waals surface area contributed by atoms with Crippen molar-refractivity contribution in [3.05, 3.63) is 107 Å². The summed E-state index contributed by atoms with van der Waals surface area (Å²) in [5.74, 6) is 0.0201. The van der Waals surface area contributed by atoms with Crippen molar-refractivity contribution in [2.45, 2.75) is 32.9 Å². The van der Waals surface area contributed by atoms with E-state index >= 15 is 0 Å². The molecule has 0 saturated heterocycles. The Morgan fingerprint density at radius 3 is 2.42 bits per heavy atom. The van der Waals surface area contributed by atoms with Crippen LogP contribution in [0.15, 0.2) is 84.0 Å². The van der Waals surface area contributed by atoms with Crippen LogP contribution < -0.4 is 0 Å². The van der Waals surface area contributed by atoms with Crippen LogP contribution in [0.2, 0.25) is 0 Å². The normalized spacial score (nSPS) is 15.9. The smallest absolute Gasteiger partial charge is 0.257 e. The molecular weight excluding hydrogens is 382 g/mol. The van der Waals surface area contributed by atoms with Gasteiger partial charge in [0.1, 0.15) is 0 Å². The fourth-order valence-electron chi connectivity index (χ4n) is 4.04. The van der Waals surface area contributed by atoms with Crippen molar-refractivity contribution in [1.29, 1.82) is 0 Å². The van der Waals surface area contributed by atoms with Crippen molar-refractivity contribution in [3.8, 4) is 0 Å². The summed E-state index contributed by atoms with van der Waals surface area (Å²) in [5.41, 5.74) is 6.77. The van der Waals surface area contributed by atoms with Crippen molar-refractivity contribution in [3.63, 3.8) is 0 Å². The fourth-order valence-corrected chi connectivity index (χ4v) is 4.04. The average molecular weight is 412 g/mol. The SMILES string of the molecule is Cc1ccc([C@H]2CC(c3cccc(C)c3)=NN2C(=O)CN(C)Cc2ccccc2)cc1. The zero-order valence-electron chi connectivity index (χ0n) is 18.5. The Morgan fingerprint density at radius 1 is 0.968 bits per heavy atom. The minimum Gasteiger partial charge on any atom is -0.293 e. The topological polar surface area (TPSA) is 35.9 Å². The third kappa shape index (κ3) is 5.09. The molecule has 1 heterocycles. The van der Waals surface area contributed by atoms with Crippen molar-refractivity contribution in [2.24, 2.45) is 5.10 Å². The number of carbonyl (C=O) groups is 1. The quantitative estimate of drug-likeness (QED) is 0.565. The zero-order chi connectivity index (χ0) is 21.8. The van der Waals surface area contributed by atoms with Gasteiger partial charge in [-0.3, -0.25) is 9.69 Å².